The third-order valence-corrected chi connectivity index (χ3v) is 14.7. The van der Waals surface area contributed by atoms with Gasteiger partial charge >= 0.3 is 7.25 Å². The predicted molar refractivity (Wildman–Crippen MR) is 193 cm³/mol. The zero-order chi connectivity index (χ0) is 32.2. The number of hydrogen-bond donors (Lipinski definition) is 0. The molecule has 1 radical (unpaired) electrons. The van der Waals surface area contributed by atoms with Gasteiger partial charge < -0.3 is 17.3 Å². The van der Waals surface area contributed by atoms with Crippen LogP contribution in [0.3, 0.4) is 0 Å². The third-order valence-electron chi connectivity index (χ3n) is 8.44. The Labute approximate surface area is 292 Å². The first-order valence-electron chi connectivity index (χ1n) is 16.0. The summed E-state index contributed by atoms with van der Waals surface area (Å²) < 4.78 is 39.0. The SMILES string of the molecule is C1=CC2CC1C(P(c1ccccc1)c1ccccc1)C2P(c1ccccc1)c1ccccc1.C1=C\CC/C=C\CC/1.F[B-](F)(F)F.[Rh]. The molecule has 0 N–H and O–H groups in total. The second-order valence-corrected chi connectivity index (χ2v) is 16.3. The molecule has 3 aliphatic carbocycles. The fourth-order valence-corrected chi connectivity index (χ4v) is 13.7. The third kappa shape index (κ3) is 10.9. The van der Waals surface area contributed by atoms with Crippen LogP contribution in [0.1, 0.15) is 32.1 Å². The minimum absolute atomic E-state index is 0. The Morgan fingerprint density at radius 2 is 0.660 bits per heavy atom. The van der Waals surface area contributed by atoms with Crippen LogP contribution in [0, 0.1) is 11.8 Å². The van der Waals surface area contributed by atoms with Gasteiger partial charge in [0.2, 0.25) is 0 Å². The van der Waals surface area contributed by atoms with Gasteiger partial charge in [-0.1, -0.05) is 158 Å². The number of rotatable bonds is 6. The second kappa shape index (κ2) is 18.8. The first-order chi connectivity index (χ1) is 22.4. The Morgan fingerprint density at radius 3 is 0.894 bits per heavy atom. The molecular weight excluding hydrogens is 720 g/mol. The molecule has 0 saturated heterocycles. The van der Waals surface area contributed by atoms with Gasteiger partial charge in [-0.05, 0) is 81.0 Å². The largest absolute Gasteiger partial charge is 0.673 e. The van der Waals surface area contributed by atoms with Crippen LogP contribution >= 0.6 is 15.8 Å². The van der Waals surface area contributed by atoms with Crippen LogP contribution < -0.4 is 21.2 Å². The molecule has 2 bridgehead atoms. The molecule has 4 unspecified atom stereocenters. The van der Waals surface area contributed by atoms with Crippen molar-refractivity contribution in [1.82, 2.24) is 0 Å². The van der Waals surface area contributed by atoms with E-state index in [1.165, 1.54) is 53.3 Å². The maximum absolute atomic E-state index is 9.75. The minimum Gasteiger partial charge on any atom is -0.418 e. The molecule has 1 saturated carbocycles. The van der Waals surface area contributed by atoms with Gasteiger partial charge in [-0.15, -0.1) is 0 Å². The van der Waals surface area contributed by atoms with Crippen molar-refractivity contribution in [3.05, 3.63) is 158 Å². The minimum atomic E-state index is -6.00. The monoisotopic (exact) mass is 760 g/mol. The maximum atomic E-state index is 9.75. The van der Waals surface area contributed by atoms with Crippen molar-refractivity contribution >= 4 is 44.3 Å². The molecule has 3 aliphatic rings. The summed E-state index contributed by atoms with van der Waals surface area (Å²) in [6.07, 6.45) is 20.4. The zero-order valence-corrected chi connectivity index (χ0v) is 29.6. The molecular formula is C39H40BF4P2Rh-. The van der Waals surface area contributed by atoms with E-state index in [-0.39, 0.29) is 19.5 Å². The van der Waals surface area contributed by atoms with E-state index in [1.54, 1.807) is 0 Å². The molecule has 4 aromatic rings. The molecule has 247 valence electrons. The van der Waals surface area contributed by atoms with Crippen molar-refractivity contribution in [3.8, 4) is 0 Å². The average Bonchev–Trinajstić information content (AvgIpc) is 3.66. The normalized spacial score (nSPS) is 22.5. The van der Waals surface area contributed by atoms with Gasteiger partial charge in [-0.25, -0.2) is 0 Å². The average molecular weight is 760 g/mol. The van der Waals surface area contributed by atoms with Gasteiger partial charge in [0.1, 0.15) is 0 Å². The van der Waals surface area contributed by atoms with Crippen LogP contribution in [0.4, 0.5) is 17.3 Å². The number of benzene rings is 4. The topological polar surface area (TPSA) is 0 Å². The van der Waals surface area contributed by atoms with E-state index in [1.807, 2.05) is 0 Å². The molecule has 0 nitrogen and oxygen atoms in total. The molecule has 0 heterocycles. The van der Waals surface area contributed by atoms with Crippen molar-refractivity contribution < 1.29 is 36.7 Å². The van der Waals surface area contributed by atoms with Gasteiger partial charge in [-0.2, -0.15) is 0 Å². The molecule has 7 rings (SSSR count). The molecule has 4 aromatic carbocycles. The molecule has 4 atom stereocenters. The summed E-state index contributed by atoms with van der Waals surface area (Å²) in [6, 6.07) is 45.4. The summed E-state index contributed by atoms with van der Waals surface area (Å²) in [7, 11) is -6.91. The smallest absolute Gasteiger partial charge is 0.418 e. The Balaban J connectivity index is 0.000000301. The molecule has 0 aromatic heterocycles. The summed E-state index contributed by atoms with van der Waals surface area (Å²) in [6.45, 7) is 0. The van der Waals surface area contributed by atoms with Crippen molar-refractivity contribution in [3.63, 3.8) is 0 Å². The Morgan fingerprint density at radius 1 is 0.426 bits per heavy atom. The Kier molecular flexibility index (Phi) is 14.9. The van der Waals surface area contributed by atoms with E-state index >= 15 is 0 Å². The van der Waals surface area contributed by atoms with E-state index in [0.29, 0.717) is 23.2 Å². The van der Waals surface area contributed by atoms with Gasteiger partial charge in [0, 0.05) is 30.8 Å². The van der Waals surface area contributed by atoms with Crippen molar-refractivity contribution in [2.75, 3.05) is 0 Å². The van der Waals surface area contributed by atoms with Crippen LogP contribution in [-0.2, 0) is 19.5 Å². The Hall–Kier alpha value is -2.63. The summed E-state index contributed by atoms with van der Waals surface area (Å²) in [5.41, 5.74) is 1.32. The van der Waals surface area contributed by atoms with Gasteiger partial charge in [0.15, 0.2) is 0 Å². The Bertz CT molecular complexity index is 1340. The number of halogens is 4. The maximum Gasteiger partial charge on any atom is 0.673 e. The molecule has 8 heteroatoms. The standard InChI is InChI=1S/C31H28P2.C8H12.BF4.Rh/c1-5-13-26(14-6-1)32(27-15-7-2-8-16-27)30-24-21-22-25(23-24)31(30)33(28-17-9-3-10-18-28)29-19-11-4-12-20-29;1-2-4-6-8-7-5-3-1;2-1(3,4)5;/h1-22,24-25,30-31H,23H2;1-2,7-8H,3-6H2;;/q;;-1;/b;2-1-,8-7-;;. The predicted octanol–water partition coefficient (Wildman–Crippen LogP) is 10.2. The van der Waals surface area contributed by atoms with Crippen LogP contribution in [-0.4, -0.2) is 18.6 Å². The molecule has 47 heavy (non-hydrogen) atoms. The van der Waals surface area contributed by atoms with Crippen LogP contribution in [0.5, 0.6) is 0 Å². The van der Waals surface area contributed by atoms with E-state index in [0.717, 1.165) is 0 Å². The zero-order valence-electron chi connectivity index (χ0n) is 26.2. The van der Waals surface area contributed by atoms with Crippen LogP contribution in [0.15, 0.2) is 158 Å². The molecule has 0 amide bonds. The summed E-state index contributed by atoms with van der Waals surface area (Å²) in [5.74, 6) is 1.34. The fraction of sp³-hybridized carbons (Fsp3) is 0.231. The quantitative estimate of drug-likeness (QED) is 0.0795. The van der Waals surface area contributed by atoms with Crippen molar-refractivity contribution in [2.45, 2.75) is 43.4 Å². The molecule has 1 fully saturated rings. The van der Waals surface area contributed by atoms with E-state index in [4.69, 9.17) is 0 Å². The van der Waals surface area contributed by atoms with Gasteiger partial charge in [-0.3, -0.25) is 0 Å². The van der Waals surface area contributed by atoms with Gasteiger partial charge in [0.05, 0.1) is 0 Å². The molecule has 0 spiro atoms. The number of allylic oxidation sites excluding steroid dienone is 6. The van der Waals surface area contributed by atoms with E-state index in [9.17, 15) is 17.3 Å². The number of hydrogen-bond acceptors (Lipinski definition) is 0. The fourth-order valence-electron chi connectivity index (χ4n) is 6.66. The first-order valence-corrected chi connectivity index (χ1v) is 18.9. The number of fused-ring (bicyclic) bond motifs is 2. The summed E-state index contributed by atoms with van der Waals surface area (Å²) >= 11 is 0. The van der Waals surface area contributed by atoms with E-state index < -0.39 is 23.1 Å². The van der Waals surface area contributed by atoms with E-state index in [2.05, 4.69) is 158 Å². The summed E-state index contributed by atoms with van der Waals surface area (Å²) in [5, 5.41) is 6.08. The second-order valence-electron chi connectivity index (χ2n) is 11.6. The van der Waals surface area contributed by atoms with Crippen LogP contribution in [0.25, 0.3) is 0 Å². The van der Waals surface area contributed by atoms with Gasteiger partial charge in [0.25, 0.3) is 0 Å². The summed E-state index contributed by atoms with van der Waals surface area (Å²) in [4.78, 5) is 0. The van der Waals surface area contributed by atoms with Crippen LogP contribution in [0.2, 0.25) is 0 Å². The van der Waals surface area contributed by atoms with Crippen molar-refractivity contribution in [1.29, 1.82) is 0 Å². The first kappa shape index (κ1) is 37.2. The molecule has 0 aliphatic heterocycles. The van der Waals surface area contributed by atoms with Crippen molar-refractivity contribution in [2.24, 2.45) is 11.8 Å².